The van der Waals surface area contributed by atoms with Crippen LogP contribution in [-0.2, 0) is 0 Å². The van der Waals surface area contributed by atoms with Crippen molar-refractivity contribution >= 4 is 24.3 Å². The molecule has 0 N–H and O–H groups in total. The van der Waals surface area contributed by atoms with Gasteiger partial charge < -0.3 is 0 Å². The molecule has 0 aliphatic carbocycles. The number of hydrogen-bond acceptors (Lipinski definition) is 4. The Morgan fingerprint density at radius 3 is 1.68 bits per heavy atom. The summed E-state index contributed by atoms with van der Waals surface area (Å²) >= 11 is 0.416. The topological polar surface area (TPSA) is 30.7 Å². The van der Waals surface area contributed by atoms with Crippen molar-refractivity contribution in [1.82, 2.24) is 14.8 Å². The van der Waals surface area contributed by atoms with Crippen LogP contribution in [0.1, 0.15) is 17.2 Å². The van der Waals surface area contributed by atoms with Crippen molar-refractivity contribution in [2.45, 2.75) is 15.8 Å². The largest absolute Gasteiger partial charge is 0.241 e. The smallest absolute Gasteiger partial charge is 0.137 e. The first-order valence-corrected chi connectivity index (χ1v) is 7.86. The van der Waals surface area contributed by atoms with Crippen molar-refractivity contribution in [1.29, 1.82) is 0 Å². The number of nitrogens with zero attached hydrogens (tertiary/aromatic N) is 3. The molecule has 7 heteroatoms. The second-order valence-electron chi connectivity index (χ2n) is 4.57. The Morgan fingerprint density at radius 2 is 1.32 bits per heavy atom. The Kier molecular flexibility index (Phi) is 4.74. The first kappa shape index (κ1) is 15.1. The van der Waals surface area contributed by atoms with Crippen molar-refractivity contribution in [3.8, 4) is 0 Å². The molecule has 3 nitrogen and oxygen atoms in total. The van der Waals surface area contributed by atoms with Crippen molar-refractivity contribution in [3.63, 3.8) is 0 Å². The van der Waals surface area contributed by atoms with E-state index in [-0.39, 0.29) is 30.3 Å². The average molecular weight is 335 g/mol. The predicted molar refractivity (Wildman–Crippen MR) is 84.1 cm³/mol. The van der Waals surface area contributed by atoms with Gasteiger partial charge in [-0.2, -0.15) is 12.9 Å². The molecule has 3 aromatic rings. The first-order chi connectivity index (χ1) is 10.8. The maximum atomic E-state index is 12.6. The summed E-state index contributed by atoms with van der Waals surface area (Å²) in [6, 6.07) is 14.1. The lowest BCUT2D eigenvalue weighted by atomic mass is 9.99. The molecule has 1 aromatic heterocycles. The zero-order valence-corrected chi connectivity index (χ0v) is 12.9. The van der Waals surface area contributed by atoms with E-state index in [1.54, 1.807) is 35.3 Å². The van der Waals surface area contributed by atoms with E-state index in [2.05, 4.69) is 10.1 Å². The Hall–Kier alpha value is -1.86. The average Bonchev–Trinajstić information content (AvgIpc) is 3.10. The van der Waals surface area contributed by atoms with E-state index in [4.69, 9.17) is 0 Å². The predicted octanol–water partition coefficient (Wildman–Crippen LogP) is 4.87. The van der Waals surface area contributed by atoms with Crippen molar-refractivity contribution < 1.29 is 7.77 Å². The van der Waals surface area contributed by atoms with E-state index in [1.165, 1.54) is 6.33 Å². The molecule has 0 saturated carbocycles. The zero-order valence-electron chi connectivity index (χ0n) is 11.3. The molecular formula is C15H11F2N3S2. The van der Waals surface area contributed by atoms with Crippen LogP contribution in [0.15, 0.2) is 71.0 Å². The molecule has 1 heterocycles. The molecular weight excluding hydrogens is 324 g/mol. The van der Waals surface area contributed by atoms with Crippen LogP contribution in [0.4, 0.5) is 7.77 Å². The number of halogens is 2. The van der Waals surface area contributed by atoms with Crippen molar-refractivity contribution in [2.75, 3.05) is 0 Å². The van der Waals surface area contributed by atoms with Gasteiger partial charge in [-0.25, -0.2) is 9.67 Å². The van der Waals surface area contributed by atoms with Crippen molar-refractivity contribution in [2.24, 2.45) is 0 Å². The number of aromatic nitrogens is 3. The molecule has 0 fully saturated rings. The van der Waals surface area contributed by atoms with Gasteiger partial charge in [0.25, 0.3) is 0 Å². The highest BCUT2D eigenvalue weighted by atomic mass is 32.2. The van der Waals surface area contributed by atoms with Crippen LogP contribution in [0.3, 0.4) is 0 Å². The Labute approximate surface area is 135 Å². The standard InChI is InChI=1S/C15H11F2N3S2/c16-21-13-5-1-11(2-6-13)15(20-10-18-9-19-20)12-3-7-14(22-17)8-4-12/h1-10,15H. The summed E-state index contributed by atoms with van der Waals surface area (Å²) in [5, 5.41) is 4.20. The minimum Gasteiger partial charge on any atom is -0.241 e. The minimum absolute atomic E-state index is 0.195. The van der Waals surface area contributed by atoms with Gasteiger partial charge in [-0.05, 0) is 35.4 Å². The maximum Gasteiger partial charge on any atom is 0.137 e. The van der Waals surface area contributed by atoms with Crippen molar-refractivity contribution in [3.05, 3.63) is 72.3 Å². The van der Waals surface area contributed by atoms with E-state index in [0.29, 0.717) is 9.79 Å². The fourth-order valence-corrected chi connectivity index (χ4v) is 2.73. The number of rotatable bonds is 5. The Bertz CT molecular complexity index is 668. The summed E-state index contributed by atoms with van der Waals surface area (Å²) < 4.78 is 26.9. The molecule has 112 valence electrons. The third kappa shape index (κ3) is 3.15. The molecule has 3 rings (SSSR count). The van der Waals surface area contributed by atoms with Gasteiger partial charge in [0.2, 0.25) is 0 Å². The van der Waals surface area contributed by atoms with Crippen LogP contribution in [-0.4, -0.2) is 14.8 Å². The third-order valence-corrected chi connectivity index (χ3v) is 4.17. The van der Waals surface area contributed by atoms with Crippen LogP contribution < -0.4 is 0 Å². The quantitative estimate of drug-likeness (QED) is 0.665. The zero-order chi connectivity index (χ0) is 15.4. The molecule has 0 bridgehead atoms. The van der Waals surface area contributed by atoms with Gasteiger partial charge in [0.05, 0.1) is 24.3 Å². The fraction of sp³-hybridized carbons (Fsp3) is 0.0667. The van der Waals surface area contributed by atoms with E-state index >= 15 is 0 Å². The van der Waals surface area contributed by atoms with E-state index in [1.807, 2.05) is 24.3 Å². The Balaban J connectivity index is 2.02. The second-order valence-corrected chi connectivity index (χ2v) is 5.82. The molecule has 22 heavy (non-hydrogen) atoms. The van der Waals surface area contributed by atoms with Gasteiger partial charge in [-0.15, -0.1) is 0 Å². The van der Waals surface area contributed by atoms with Gasteiger partial charge in [-0.3, -0.25) is 0 Å². The molecule has 0 spiro atoms. The SMILES string of the molecule is FSc1ccc(C(c2ccc(SF)cc2)n2cncn2)cc1. The highest BCUT2D eigenvalue weighted by Gasteiger charge is 2.17. The lowest BCUT2D eigenvalue weighted by molar-refractivity contribution is 0.593. The molecule has 0 aliphatic rings. The molecule has 2 aromatic carbocycles. The highest BCUT2D eigenvalue weighted by molar-refractivity contribution is 7.94. The summed E-state index contributed by atoms with van der Waals surface area (Å²) in [4.78, 5) is 5.08. The number of hydrogen-bond donors (Lipinski definition) is 0. The molecule has 0 unspecified atom stereocenters. The lowest BCUT2D eigenvalue weighted by Gasteiger charge is -2.18. The highest BCUT2D eigenvalue weighted by Crippen LogP contribution is 2.29. The van der Waals surface area contributed by atoms with Crippen LogP contribution in [0.25, 0.3) is 0 Å². The van der Waals surface area contributed by atoms with Gasteiger partial charge in [0, 0.05) is 9.79 Å². The van der Waals surface area contributed by atoms with Crippen LogP contribution in [0, 0.1) is 0 Å². The van der Waals surface area contributed by atoms with Gasteiger partial charge >= 0.3 is 0 Å². The van der Waals surface area contributed by atoms with Gasteiger partial charge in [0.1, 0.15) is 18.7 Å². The molecule has 0 radical (unpaired) electrons. The third-order valence-electron chi connectivity index (χ3n) is 3.27. The number of benzene rings is 2. The second kappa shape index (κ2) is 6.93. The fourth-order valence-electron chi connectivity index (χ4n) is 2.25. The van der Waals surface area contributed by atoms with E-state index in [0.717, 1.165) is 11.1 Å². The summed E-state index contributed by atoms with van der Waals surface area (Å²) in [7, 11) is 0. The monoisotopic (exact) mass is 335 g/mol. The normalized spacial score (nSPS) is 11.0. The Morgan fingerprint density at radius 1 is 0.818 bits per heavy atom. The molecule has 0 amide bonds. The van der Waals surface area contributed by atoms with E-state index < -0.39 is 0 Å². The summed E-state index contributed by atoms with van der Waals surface area (Å²) in [6.07, 6.45) is 3.09. The summed E-state index contributed by atoms with van der Waals surface area (Å²) in [5.74, 6) is 0. The van der Waals surface area contributed by atoms with Crippen LogP contribution >= 0.6 is 24.3 Å². The lowest BCUT2D eigenvalue weighted by Crippen LogP contribution is -2.12. The van der Waals surface area contributed by atoms with Crippen LogP contribution in [0.2, 0.25) is 0 Å². The first-order valence-electron chi connectivity index (χ1n) is 6.43. The van der Waals surface area contributed by atoms with Gasteiger partial charge in [-0.1, -0.05) is 24.3 Å². The minimum atomic E-state index is -0.195. The van der Waals surface area contributed by atoms with E-state index in [9.17, 15) is 7.77 Å². The summed E-state index contributed by atoms with van der Waals surface area (Å²) in [5.41, 5.74) is 1.90. The van der Waals surface area contributed by atoms with Crippen LogP contribution in [0.5, 0.6) is 0 Å². The molecule has 0 aliphatic heterocycles. The summed E-state index contributed by atoms with van der Waals surface area (Å²) in [6.45, 7) is 0. The molecule has 0 saturated heterocycles. The molecule has 0 atom stereocenters. The maximum absolute atomic E-state index is 12.6. The van der Waals surface area contributed by atoms with Gasteiger partial charge in [0.15, 0.2) is 0 Å².